The molecule has 2 fully saturated rings. The van der Waals surface area contributed by atoms with Crippen molar-refractivity contribution in [3.63, 3.8) is 0 Å². The van der Waals surface area contributed by atoms with E-state index in [0.29, 0.717) is 5.41 Å². The summed E-state index contributed by atoms with van der Waals surface area (Å²) in [5.41, 5.74) is 0.537. The summed E-state index contributed by atoms with van der Waals surface area (Å²) in [4.78, 5) is 9.55. The molecular formula is C18H37IN4. The fourth-order valence-electron chi connectivity index (χ4n) is 3.66. The molecule has 2 saturated heterocycles. The molecule has 0 aromatic rings. The van der Waals surface area contributed by atoms with Gasteiger partial charge in [0.2, 0.25) is 0 Å². The predicted octanol–water partition coefficient (Wildman–Crippen LogP) is 3.42. The van der Waals surface area contributed by atoms with Crippen molar-refractivity contribution in [1.82, 2.24) is 15.1 Å². The minimum atomic E-state index is 0. The smallest absolute Gasteiger partial charge is 0.194 e. The molecule has 5 heteroatoms. The molecule has 0 amide bonds. The van der Waals surface area contributed by atoms with Gasteiger partial charge in [0.1, 0.15) is 0 Å². The third kappa shape index (κ3) is 4.53. The van der Waals surface area contributed by atoms with Gasteiger partial charge in [0.05, 0.1) is 0 Å². The highest BCUT2D eigenvalue weighted by atomic mass is 127. The molecule has 0 unspecified atom stereocenters. The largest absolute Gasteiger partial charge is 0.356 e. The molecule has 0 bridgehead atoms. The zero-order chi connectivity index (χ0) is 16.4. The topological polar surface area (TPSA) is 30.9 Å². The van der Waals surface area contributed by atoms with Crippen LogP contribution in [0.5, 0.6) is 0 Å². The van der Waals surface area contributed by atoms with Gasteiger partial charge in [-0.2, -0.15) is 0 Å². The number of aliphatic imine (C=N–C) groups is 1. The Kier molecular flexibility index (Phi) is 7.64. The van der Waals surface area contributed by atoms with E-state index in [1.54, 1.807) is 0 Å². The van der Waals surface area contributed by atoms with Gasteiger partial charge < -0.3 is 15.1 Å². The molecule has 0 spiro atoms. The first-order chi connectivity index (χ1) is 10.3. The van der Waals surface area contributed by atoms with Crippen molar-refractivity contribution >= 4 is 29.9 Å². The lowest BCUT2D eigenvalue weighted by Gasteiger charge is -2.62. The van der Waals surface area contributed by atoms with Crippen LogP contribution in [0.1, 0.15) is 53.9 Å². The molecule has 2 aliphatic heterocycles. The van der Waals surface area contributed by atoms with Crippen molar-refractivity contribution in [1.29, 1.82) is 0 Å². The zero-order valence-electron chi connectivity index (χ0n) is 16.0. The molecule has 2 aliphatic rings. The van der Waals surface area contributed by atoms with Gasteiger partial charge in [-0.15, -0.1) is 24.0 Å². The fraction of sp³-hybridized carbons (Fsp3) is 0.944. The molecule has 0 aliphatic carbocycles. The number of rotatable bonds is 4. The van der Waals surface area contributed by atoms with Crippen molar-refractivity contribution in [2.45, 2.75) is 59.4 Å². The molecule has 2 rings (SSSR count). The SMILES string of the molecule is CCCN1CCC(CNC(=NC)N2CC(C)(C)C2(C)C)CC1.I. The monoisotopic (exact) mass is 436 g/mol. The maximum absolute atomic E-state index is 4.52. The van der Waals surface area contributed by atoms with E-state index in [4.69, 9.17) is 0 Å². The van der Waals surface area contributed by atoms with Gasteiger partial charge in [-0.25, -0.2) is 0 Å². The third-order valence-corrected chi connectivity index (χ3v) is 6.15. The predicted molar refractivity (Wildman–Crippen MR) is 111 cm³/mol. The van der Waals surface area contributed by atoms with Crippen LogP contribution < -0.4 is 5.32 Å². The molecule has 0 saturated carbocycles. The van der Waals surface area contributed by atoms with E-state index < -0.39 is 0 Å². The first-order valence-electron chi connectivity index (χ1n) is 9.02. The van der Waals surface area contributed by atoms with Gasteiger partial charge in [0, 0.05) is 31.1 Å². The molecule has 0 radical (unpaired) electrons. The molecule has 0 aromatic heterocycles. The summed E-state index contributed by atoms with van der Waals surface area (Å²) in [5.74, 6) is 1.88. The Morgan fingerprint density at radius 3 is 2.22 bits per heavy atom. The number of hydrogen-bond donors (Lipinski definition) is 1. The summed E-state index contributed by atoms with van der Waals surface area (Å²) >= 11 is 0. The molecule has 0 atom stereocenters. The Labute approximate surface area is 160 Å². The molecular weight excluding hydrogens is 399 g/mol. The van der Waals surface area contributed by atoms with Crippen LogP contribution in [0.25, 0.3) is 0 Å². The van der Waals surface area contributed by atoms with Gasteiger partial charge in [-0.3, -0.25) is 4.99 Å². The number of hydrogen-bond acceptors (Lipinski definition) is 2. The highest BCUT2D eigenvalue weighted by Crippen LogP contribution is 2.46. The van der Waals surface area contributed by atoms with Crippen LogP contribution in [0.15, 0.2) is 4.99 Å². The Bertz CT molecular complexity index is 398. The number of halogens is 1. The van der Waals surface area contributed by atoms with Gasteiger partial charge in [0.15, 0.2) is 5.96 Å². The highest BCUT2D eigenvalue weighted by Gasteiger charge is 2.53. The Morgan fingerprint density at radius 2 is 1.78 bits per heavy atom. The van der Waals surface area contributed by atoms with E-state index in [0.717, 1.165) is 25.0 Å². The maximum atomic E-state index is 4.52. The van der Waals surface area contributed by atoms with E-state index >= 15 is 0 Å². The number of piperidine rings is 1. The summed E-state index contributed by atoms with van der Waals surface area (Å²) in [5, 5.41) is 3.64. The summed E-state index contributed by atoms with van der Waals surface area (Å²) < 4.78 is 0. The summed E-state index contributed by atoms with van der Waals surface area (Å²) in [7, 11) is 1.91. The van der Waals surface area contributed by atoms with Crippen LogP contribution in [0.2, 0.25) is 0 Å². The van der Waals surface area contributed by atoms with Crippen LogP contribution in [-0.2, 0) is 0 Å². The van der Waals surface area contributed by atoms with Crippen LogP contribution in [0.3, 0.4) is 0 Å². The van der Waals surface area contributed by atoms with Crippen molar-refractivity contribution in [3.05, 3.63) is 0 Å². The second-order valence-corrected chi connectivity index (χ2v) is 8.24. The van der Waals surface area contributed by atoms with Gasteiger partial charge in [-0.1, -0.05) is 20.8 Å². The van der Waals surface area contributed by atoms with Gasteiger partial charge >= 0.3 is 0 Å². The van der Waals surface area contributed by atoms with Gasteiger partial charge in [0.25, 0.3) is 0 Å². The minimum absolute atomic E-state index is 0. The summed E-state index contributed by atoms with van der Waals surface area (Å²) in [6.07, 6.45) is 3.91. The molecule has 1 N–H and O–H groups in total. The van der Waals surface area contributed by atoms with E-state index in [-0.39, 0.29) is 29.5 Å². The molecule has 0 aromatic carbocycles. The van der Waals surface area contributed by atoms with Crippen LogP contribution in [0.4, 0.5) is 0 Å². The average molecular weight is 436 g/mol. The number of nitrogens with zero attached hydrogens (tertiary/aromatic N) is 3. The van der Waals surface area contributed by atoms with Crippen LogP contribution in [-0.4, -0.2) is 61.1 Å². The second-order valence-electron chi connectivity index (χ2n) is 8.24. The lowest BCUT2D eigenvalue weighted by atomic mass is 9.65. The van der Waals surface area contributed by atoms with E-state index in [1.165, 1.54) is 38.9 Å². The van der Waals surface area contributed by atoms with Crippen molar-refractivity contribution < 1.29 is 0 Å². The van der Waals surface area contributed by atoms with Crippen LogP contribution in [0, 0.1) is 11.3 Å². The first kappa shape index (κ1) is 21.0. The standard InChI is InChI=1S/C18H36N4.HI/c1-7-10-21-11-8-15(9-12-21)13-20-16(19-6)22-14-17(2,3)18(22,4)5;/h15H,7-14H2,1-6H3,(H,19,20);1H. The lowest BCUT2D eigenvalue weighted by molar-refractivity contribution is -0.0668. The lowest BCUT2D eigenvalue weighted by Crippen LogP contribution is -2.72. The van der Waals surface area contributed by atoms with Crippen LogP contribution >= 0.6 is 24.0 Å². The third-order valence-electron chi connectivity index (χ3n) is 6.15. The molecule has 136 valence electrons. The normalized spacial score (nSPS) is 24.8. The summed E-state index contributed by atoms with van der Waals surface area (Å²) in [6, 6.07) is 0. The number of nitrogens with one attached hydrogen (secondary N) is 1. The van der Waals surface area contributed by atoms with E-state index in [9.17, 15) is 0 Å². The Balaban J connectivity index is 0.00000264. The highest BCUT2D eigenvalue weighted by molar-refractivity contribution is 14.0. The van der Waals surface area contributed by atoms with E-state index in [2.05, 4.69) is 54.7 Å². The van der Waals surface area contributed by atoms with Crippen molar-refractivity contribution in [2.75, 3.05) is 39.8 Å². The number of guanidine groups is 1. The Morgan fingerprint density at radius 1 is 1.17 bits per heavy atom. The molecule has 2 heterocycles. The fourth-order valence-corrected chi connectivity index (χ4v) is 3.66. The quantitative estimate of drug-likeness (QED) is 0.416. The molecule has 4 nitrogen and oxygen atoms in total. The van der Waals surface area contributed by atoms with Crippen molar-refractivity contribution in [3.8, 4) is 0 Å². The zero-order valence-corrected chi connectivity index (χ0v) is 18.3. The average Bonchev–Trinajstić information content (AvgIpc) is 2.48. The maximum Gasteiger partial charge on any atom is 0.194 e. The van der Waals surface area contributed by atoms with E-state index in [1.807, 2.05) is 7.05 Å². The second kappa shape index (κ2) is 8.37. The Hall–Kier alpha value is -0.0400. The first-order valence-corrected chi connectivity index (χ1v) is 9.02. The molecule has 23 heavy (non-hydrogen) atoms. The van der Waals surface area contributed by atoms with Gasteiger partial charge in [-0.05, 0) is 58.7 Å². The van der Waals surface area contributed by atoms with Crippen molar-refractivity contribution in [2.24, 2.45) is 16.3 Å². The minimum Gasteiger partial charge on any atom is -0.356 e. The number of likely N-dealkylation sites (tertiary alicyclic amines) is 2. The summed E-state index contributed by atoms with van der Waals surface area (Å²) in [6.45, 7) is 17.6.